The van der Waals surface area contributed by atoms with Crippen LogP contribution >= 0.6 is 0 Å². The zero-order valence-electron chi connectivity index (χ0n) is 13.1. The zero-order chi connectivity index (χ0) is 14.9. The summed E-state index contributed by atoms with van der Waals surface area (Å²) >= 11 is 0. The Kier molecular flexibility index (Phi) is 3.85. The molecule has 0 amide bonds. The van der Waals surface area contributed by atoms with E-state index in [0.717, 1.165) is 30.0 Å². The molecule has 3 rings (SSSR count). The summed E-state index contributed by atoms with van der Waals surface area (Å²) in [6.07, 6.45) is 3.73. The first-order valence-corrected chi connectivity index (χ1v) is 7.93. The molecule has 112 valence electrons. The predicted molar refractivity (Wildman–Crippen MR) is 89.5 cm³/mol. The van der Waals surface area contributed by atoms with Gasteiger partial charge in [0.05, 0.1) is 5.52 Å². The van der Waals surface area contributed by atoms with Crippen LogP contribution in [0.4, 0.5) is 5.82 Å². The third kappa shape index (κ3) is 3.03. The van der Waals surface area contributed by atoms with Crippen molar-refractivity contribution in [1.82, 2.24) is 4.98 Å². The second-order valence-electron chi connectivity index (χ2n) is 6.87. The highest BCUT2D eigenvalue weighted by Crippen LogP contribution is 2.32. The lowest BCUT2D eigenvalue weighted by molar-refractivity contribution is 0.325. The number of hydrogen-bond donors (Lipinski definition) is 1. The van der Waals surface area contributed by atoms with Gasteiger partial charge in [-0.25, -0.2) is 4.98 Å². The van der Waals surface area contributed by atoms with Crippen LogP contribution in [0.25, 0.3) is 10.9 Å². The molecule has 3 heteroatoms. The lowest BCUT2D eigenvalue weighted by Crippen LogP contribution is -2.27. The fourth-order valence-corrected chi connectivity index (χ4v) is 3.21. The zero-order valence-corrected chi connectivity index (χ0v) is 13.1. The molecular weight excluding hydrogens is 258 g/mol. The van der Waals surface area contributed by atoms with Gasteiger partial charge in [0.2, 0.25) is 0 Å². The van der Waals surface area contributed by atoms with Crippen LogP contribution in [0, 0.1) is 5.41 Å². The normalized spacial score (nSPS) is 18.7. The SMILES string of the molecule is CC1(C)CCCN(c2nc3ccccc3cc2CN)CC1. The van der Waals surface area contributed by atoms with Gasteiger partial charge in [-0.15, -0.1) is 0 Å². The molecule has 0 unspecified atom stereocenters. The molecule has 0 saturated carbocycles. The highest BCUT2D eigenvalue weighted by Gasteiger charge is 2.24. The molecule has 1 aliphatic rings. The van der Waals surface area contributed by atoms with Crippen molar-refractivity contribution >= 4 is 16.7 Å². The number of pyridine rings is 1. The molecule has 1 aromatic carbocycles. The Morgan fingerprint density at radius 3 is 2.81 bits per heavy atom. The quantitative estimate of drug-likeness (QED) is 0.913. The monoisotopic (exact) mass is 283 g/mol. The predicted octanol–water partition coefficient (Wildman–Crippen LogP) is 3.71. The Bertz CT molecular complexity index is 633. The van der Waals surface area contributed by atoms with E-state index in [1.54, 1.807) is 0 Å². The van der Waals surface area contributed by atoms with E-state index in [9.17, 15) is 0 Å². The molecule has 1 aliphatic heterocycles. The van der Waals surface area contributed by atoms with Crippen molar-refractivity contribution in [2.24, 2.45) is 11.1 Å². The van der Waals surface area contributed by atoms with E-state index in [4.69, 9.17) is 10.7 Å². The highest BCUT2D eigenvalue weighted by atomic mass is 15.2. The number of para-hydroxylation sites is 1. The average molecular weight is 283 g/mol. The summed E-state index contributed by atoms with van der Waals surface area (Å²) in [5.41, 5.74) is 8.64. The Morgan fingerprint density at radius 1 is 1.19 bits per heavy atom. The van der Waals surface area contributed by atoms with Crippen LogP contribution in [0.3, 0.4) is 0 Å². The number of aromatic nitrogens is 1. The molecule has 21 heavy (non-hydrogen) atoms. The second-order valence-corrected chi connectivity index (χ2v) is 6.87. The van der Waals surface area contributed by atoms with E-state index in [1.165, 1.54) is 24.6 Å². The van der Waals surface area contributed by atoms with Crippen LogP contribution < -0.4 is 10.6 Å². The fraction of sp³-hybridized carbons (Fsp3) is 0.500. The van der Waals surface area contributed by atoms with Gasteiger partial charge in [0.25, 0.3) is 0 Å². The molecule has 1 fully saturated rings. The van der Waals surface area contributed by atoms with Gasteiger partial charge in [-0.2, -0.15) is 0 Å². The first-order valence-electron chi connectivity index (χ1n) is 7.93. The highest BCUT2D eigenvalue weighted by molar-refractivity contribution is 5.81. The third-order valence-electron chi connectivity index (χ3n) is 4.64. The molecule has 0 atom stereocenters. The topological polar surface area (TPSA) is 42.2 Å². The molecular formula is C18H25N3. The van der Waals surface area contributed by atoms with E-state index in [-0.39, 0.29) is 0 Å². The molecule has 0 spiro atoms. The molecule has 2 aromatic rings. The van der Waals surface area contributed by atoms with Crippen molar-refractivity contribution in [2.75, 3.05) is 18.0 Å². The Balaban J connectivity index is 1.98. The minimum absolute atomic E-state index is 0.439. The van der Waals surface area contributed by atoms with Crippen molar-refractivity contribution in [2.45, 2.75) is 39.7 Å². The van der Waals surface area contributed by atoms with E-state index >= 15 is 0 Å². The maximum Gasteiger partial charge on any atom is 0.133 e. The van der Waals surface area contributed by atoms with Gasteiger partial charge in [-0.05, 0) is 36.8 Å². The molecule has 0 aliphatic carbocycles. The van der Waals surface area contributed by atoms with E-state index in [0.29, 0.717) is 12.0 Å². The lowest BCUT2D eigenvalue weighted by atomic mass is 9.85. The van der Waals surface area contributed by atoms with Crippen LogP contribution in [0.1, 0.15) is 38.7 Å². The van der Waals surface area contributed by atoms with Gasteiger partial charge in [0.1, 0.15) is 5.82 Å². The minimum atomic E-state index is 0.439. The number of nitrogens with two attached hydrogens (primary N) is 1. The molecule has 2 N–H and O–H groups in total. The minimum Gasteiger partial charge on any atom is -0.356 e. The van der Waals surface area contributed by atoms with Gasteiger partial charge in [-0.1, -0.05) is 32.0 Å². The molecule has 1 saturated heterocycles. The summed E-state index contributed by atoms with van der Waals surface area (Å²) in [4.78, 5) is 7.34. The lowest BCUT2D eigenvalue weighted by Gasteiger charge is -2.26. The number of rotatable bonds is 2. The largest absolute Gasteiger partial charge is 0.356 e. The van der Waals surface area contributed by atoms with Crippen LogP contribution in [-0.4, -0.2) is 18.1 Å². The van der Waals surface area contributed by atoms with Gasteiger partial charge >= 0.3 is 0 Å². The van der Waals surface area contributed by atoms with E-state index in [2.05, 4.69) is 43.0 Å². The van der Waals surface area contributed by atoms with Crippen LogP contribution in [-0.2, 0) is 6.54 Å². The summed E-state index contributed by atoms with van der Waals surface area (Å²) in [6.45, 7) is 7.45. The Hall–Kier alpha value is -1.61. The fourth-order valence-electron chi connectivity index (χ4n) is 3.21. The number of fused-ring (bicyclic) bond motifs is 1. The van der Waals surface area contributed by atoms with Crippen molar-refractivity contribution in [3.63, 3.8) is 0 Å². The van der Waals surface area contributed by atoms with Crippen molar-refractivity contribution < 1.29 is 0 Å². The van der Waals surface area contributed by atoms with Crippen molar-refractivity contribution in [3.8, 4) is 0 Å². The molecule has 2 heterocycles. The van der Waals surface area contributed by atoms with Gasteiger partial charge in [-0.3, -0.25) is 0 Å². The first kappa shape index (κ1) is 14.3. The maximum absolute atomic E-state index is 5.97. The van der Waals surface area contributed by atoms with Gasteiger partial charge in [0, 0.05) is 30.6 Å². The maximum atomic E-state index is 5.97. The van der Waals surface area contributed by atoms with Crippen molar-refractivity contribution in [1.29, 1.82) is 0 Å². The second kappa shape index (κ2) is 5.64. The summed E-state index contributed by atoms with van der Waals surface area (Å²) < 4.78 is 0. The smallest absolute Gasteiger partial charge is 0.133 e. The first-order chi connectivity index (χ1) is 10.1. The van der Waals surface area contributed by atoms with Crippen molar-refractivity contribution in [3.05, 3.63) is 35.9 Å². The third-order valence-corrected chi connectivity index (χ3v) is 4.64. The van der Waals surface area contributed by atoms with Crippen LogP contribution in [0.2, 0.25) is 0 Å². The molecule has 1 aromatic heterocycles. The van der Waals surface area contributed by atoms with Crippen LogP contribution in [0.5, 0.6) is 0 Å². The number of nitrogens with zero attached hydrogens (tertiary/aromatic N) is 2. The summed E-state index contributed by atoms with van der Waals surface area (Å²) in [6, 6.07) is 10.5. The average Bonchev–Trinajstić information content (AvgIpc) is 2.66. The van der Waals surface area contributed by atoms with Gasteiger partial charge < -0.3 is 10.6 Å². The Morgan fingerprint density at radius 2 is 2.00 bits per heavy atom. The summed E-state index contributed by atoms with van der Waals surface area (Å²) in [7, 11) is 0. The molecule has 3 nitrogen and oxygen atoms in total. The van der Waals surface area contributed by atoms with Crippen LogP contribution in [0.15, 0.2) is 30.3 Å². The molecule has 0 bridgehead atoms. The van der Waals surface area contributed by atoms with Gasteiger partial charge in [0.15, 0.2) is 0 Å². The number of hydrogen-bond acceptors (Lipinski definition) is 3. The standard InChI is InChI=1S/C18H25N3/c1-18(2)8-5-10-21(11-9-18)17-15(13-19)12-14-6-3-4-7-16(14)20-17/h3-4,6-7,12H,5,8-11,13,19H2,1-2H3. The van der Waals surface area contributed by atoms with E-state index < -0.39 is 0 Å². The Labute approximate surface area is 127 Å². The number of anilines is 1. The number of benzene rings is 1. The molecule has 0 radical (unpaired) electrons. The summed E-state index contributed by atoms with van der Waals surface area (Å²) in [5, 5.41) is 1.18. The van der Waals surface area contributed by atoms with E-state index in [1.807, 2.05) is 6.07 Å². The summed E-state index contributed by atoms with van der Waals surface area (Å²) in [5.74, 6) is 1.09.